The maximum atomic E-state index is 10.7. The summed E-state index contributed by atoms with van der Waals surface area (Å²) in [4.78, 5) is 14.8. The van der Waals surface area contributed by atoms with E-state index in [9.17, 15) is 9.90 Å². The molecule has 1 aliphatic rings. The van der Waals surface area contributed by atoms with E-state index in [1.165, 1.54) is 0 Å². The van der Waals surface area contributed by atoms with Crippen molar-refractivity contribution in [2.75, 3.05) is 7.11 Å². The molecule has 1 aromatic rings. The maximum absolute atomic E-state index is 10.7. The fourth-order valence-electron chi connectivity index (χ4n) is 2.96. The van der Waals surface area contributed by atoms with Crippen LogP contribution >= 0.6 is 0 Å². The first kappa shape index (κ1) is 12.7. The van der Waals surface area contributed by atoms with Gasteiger partial charge in [-0.3, -0.25) is 0 Å². The maximum Gasteiger partial charge on any atom is 0.235 e. The van der Waals surface area contributed by atoms with Crippen LogP contribution in [0.3, 0.4) is 0 Å². The molecule has 18 heavy (non-hydrogen) atoms. The minimum absolute atomic E-state index is 0.163. The molecule has 0 atom stereocenters. The van der Waals surface area contributed by atoms with E-state index >= 15 is 0 Å². The molecule has 0 radical (unpaired) electrons. The van der Waals surface area contributed by atoms with Gasteiger partial charge in [-0.1, -0.05) is 12.8 Å². The van der Waals surface area contributed by atoms with Crippen LogP contribution in [-0.4, -0.2) is 18.3 Å². The van der Waals surface area contributed by atoms with Crippen LogP contribution in [0, 0.1) is 6.92 Å². The highest BCUT2D eigenvalue weighted by Gasteiger charge is 2.39. The molecular formula is C14H17NO3. The molecule has 1 aromatic carbocycles. The molecule has 2 rings (SSSR count). The van der Waals surface area contributed by atoms with Crippen LogP contribution in [0.1, 0.15) is 36.8 Å². The zero-order valence-electron chi connectivity index (χ0n) is 10.7. The molecule has 0 unspecified atom stereocenters. The van der Waals surface area contributed by atoms with Crippen molar-refractivity contribution >= 4 is 6.08 Å². The van der Waals surface area contributed by atoms with Crippen LogP contribution in [0.2, 0.25) is 0 Å². The van der Waals surface area contributed by atoms with Crippen molar-refractivity contribution in [3.05, 3.63) is 23.3 Å². The molecule has 1 fully saturated rings. The van der Waals surface area contributed by atoms with Gasteiger partial charge in [0.15, 0.2) is 0 Å². The van der Waals surface area contributed by atoms with Gasteiger partial charge in [0.1, 0.15) is 17.0 Å². The number of aliphatic imine (C=N–C) groups is 1. The molecule has 0 amide bonds. The van der Waals surface area contributed by atoms with E-state index in [2.05, 4.69) is 4.99 Å². The van der Waals surface area contributed by atoms with Crippen molar-refractivity contribution in [2.45, 2.75) is 38.1 Å². The molecule has 96 valence electrons. The number of ether oxygens (including phenoxy) is 1. The van der Waals surface area contributed by atoms with E-state index in [4.69, 9.17) is 4.74 Å². The smallest absolute Gasteiger partial charge is 0.235 e. The van der Waals surface area contributed by atoms with Gasteiger partial charge in [-0.05, 0) is 31.4 Å². The minimum atomic E-state index is -0.523. The number of nitrogens with zero attached hydrogens (tertiary/aromatic N) is 1. The number of phenolic OH excluding ortho intramolecular Hbond substituents is 1. The Labute approximate surface area is 106 Å². The van der Waals surface area contributed by atoms with Gasteiger partial charge in [-0.25, -0.2) is 4.79 Å². The summed E-state index contributed by atoms with van der Waals surface area (Å²) >= 11 is 0. The SMILES string of the molecule is COc1cc(O)cc(C)c1C1(N=C=O)CCCC1. The summed E-state index contributed by atoms with van der Waals surface area (Å²) in [6, 6.07) is 3.25. The van der Waals surface area contributed by atoms with Crippen LogP contribution in [-0.2, 0) is 10.3 Å². The van der Waals surface area contributed by atoms with Crippen molar-refractivity contribution < 1.29 is 14.6 Å². The molecular weight excluding hydrogens is 230 g/mol. The summed E-state index contributed by atoms with van der Waals surface area (Å²) < 4.78 is 5.34. The van der Waals surface area contributed by atoms with Crippen molar-refractivity contribution in [3.63, 3.8) is 0 Å². The van der Waals surface area contributed by atoms with E-state index in [0.717, 1.165) is 36.8 Å². The molecule has 0 spiro atoms. The van der Waals surface area contributed by atoms with Crippen molar-refractivity contribution in [3.8, 4) is 11.5 Å². The summed E-state index contributed by atoms with van der Waals surface area (Å²) in [6.45, 7) is 1.90. The first-order chi connectivity index (χ1) is 8.63. The summed E-state index contributed by atoms with van der Waals surface area (Å²) in [5, 5.41) is 9.62. The second kappa shape index (κ2) is 4.83. The highest BCUT2D eigenvalue weighted by atomic mass is 16.5. The molecule has 1 aliphatic carbocycles. The molecule has 0 saturated heterocycles. The topological polar surface area (TPSA) is 58.9 Å². The quantitative estimate of drug-likeness (QED) is 0.660. The van der Waals surface area contributed by atoms with Gasteiger partial charge in [0.25, 0.3) is 0 Å². The monoisotopic (exact) mass is 247 g/mol. The number of aryl methyl sites for hydroxylation is 1. The molecule has 0 aliphatic heterocycles. The number of rotatable bonds is 3. The summed E-state index contributed by atoms with van der Waals surface area (Å²) in [5.74, 6) is 0.754. The lowest BCUT2D eigenvalue weighted by Crippen LogP contribution is -2.21. The van der Waals surface area contributed by atoms with E-state index in [1.54, 1.807) is 25.3 Å². The standard InChI is InChI=1S/C14H17NO3/c1-10-7-11(17)8-12(18-2)13(10)14(15-9-16)5-3-4-6-14/h7-8,17H,3-6H2,1-2H3. The Morgan fingerprint density at radius 2 is 2.06 bits per heavy atom. The number of hydrogen-bond acceptors (Lipinski definition) is 4. The first-order valence-corrected chi connectivity index (χ1v) is 6.10. The third kappa shape index (κ3) is 2.00. The summed E-state index contributed by atoms with van der Waals surface area (Å²) in [7, 11) is 1.56. The molecule has 1 saturated carbocycles. The van der Waals surface area contributed by atoms with Gasteiger partial charge >= 0.3 is 0 Å². The molecule has 4 heteroatoms. The first-order valence-electron chi connectivity index (χ1n) is 6.10. The Bertz CT molecular complexity index is 498. The van der Waals surface area contributed by atoms with Crippen LogP contribution in [0.25, 0.3) is 0 Å². The number of benzene rings is 1. The Hall–Kier alpha value is -1.80. The lowest BCUT2D eigenvalue weighted by molar-refractivity contribution is 0.373. The van der Waals surface area contributed by atoms with Crippen LogP contribution < -0.4 is 4.74 Å². The third-order valence-corrected chi connectivity index (χ3v) is 3.66. The number of carbonyl (C=O) groups excluding carboxylic acids is 1. The largest absolute Gasteiger partial charge is 0.508 e. The Morgan fingerprint density at radius 3 is 2.61 bits per heavy atom. The highest BCUT2D eigenvalue weighted by Crippen LogP contribution is 2.47. The minimum Gasteiger partial charge on any atom is -0.508 e. The fraction of sp³-hybridized carbons (Fsp3) is 0.500. The number of methoxy groups -OCH3 is 1. The zero-order chi connectivity index (χ0) is 13.2. The lowest BCUT2D eigenvalue weighted by Gasteiger charge is -2.27. The van der Waals surface area contributed by atoms with Gasteiger partial charge in [0.05, 0.1) is 7.11 Å². The lowest BCUT2D eigenvalue weighted by atomic mass is 9.85. The molecule has 0 aromatic heterocycles. The Morgan fingerprint density at radius 1 is 1.39 bits per heavy atom. The summed E-state index contributed by atoms with van der Waals surface area (Å²) in [6.07, 6.45) is 5.42. The second-order valence-electron chi connectivity index (χ2n) is 4.78. The fourth-order valence-corrected chi connectivity index (χ4v) is 2.96. The average Bonchev–Trinajstić information content (AvgIpc) is 2.77. The van der Waals surface area contributed by atoms with Crippen molar-refractivity contribution in [1.82, 2.24) is 0 Å². The number of hydrogen-bond donors (Lipinski definition) is 1. The van der Waals surface area contributed by atoms with E-state index in [-0.39, 0.29) is 5.75 Å². The average molecular weight is 247 g/mol. The normalized spacial score (nSPS) is 17.2. The van der Waals surface area contributed by atoms with E-state index in [0.29, 0.717) is 5.75 Å². The van der Waals surface area contributed by atoms with Gasteiger partial charge in [-0.2, -0.15) is 4.99 Å². The van der Waals surface area contributed by atoms with Gasteiger partial charge in [-0.15, -0.1) is 0 Å². The van der Waals surface area contributed by atoms with Gasteiger partial charge in [0, 0.05) is 11.6 Å². The predicted octanol–water partition coefficient (Wildman–Crippen LogP) is 2.81. The van der Waals surface area contributed by atoms with Crippen molar-refractivity contribution in [2.24, 2.45) is 4.99 Å². The molecule has 1 N–H and O–H groups in total. The van der Waals surface area contributed by atoms with Crippen molar-refractivity contribution in [1.29, 1.82) is 0 Å². The third-order valence-electron chi connectivity index (χ3n) is 3.66. The summed E-state index contributed by atoms with van der Waals surface area (Å²) in [5.41, 5.74) is 1.28. The number of isocyanates is 1. The van der Waals surface area contributed by atoms with Crippen LogP contribution in [0.5, 0.6) is 11.5 Å². The van der Waals surface area contributed by atoms with E-state index in [1.807, 2.05) is 6.92 Å². The highest BCUT2D eigenvalue weighted by molar-refractivity contribution is 5.52. The predicted molar refractivity (Wildman–Crippen MR) is 67.7 cm³/mol. The van der Waals surface area contributed by atoms with Gasteiger partial charge in [0.2, 0.25) is 6.08 Å². The molecule has 0 heterocycles. The molecule has 0 bridgehead atoms. The van der Waals surface area contributed by atoms with Crippen LogP contribution in [0.15, 0.2) is 17.1 Å². The van der Waals surface area contributed by atoms with Crippen LogP contribution in [0.4, 0.5) is 0 Å². The number of aromatic hydroxyl groups is 1. The Kier molecular flexibility index (Phi) is 3.39. The number of phenols is 1. The molecule has 4 nitrogen and oxygen atoms in total. The van der Waals surface area contributed by atoms with E-state index < -0.39 is 5.54 Å². The zero-order valence-corrected chi connectivity index (χ0v) is 10.7. The second-order valence-corrected chi connectivity index (χ2v) is 4.78. The van der Waals surface area contributed by atoms with Gasteiger partial charge < -0.3 is 9.84 Å². The Balaban J connectivity index is 2.64.